The lowest BCUT2D eigenvalue weighted by molar-refractivity contribution is 0.584. The fraction of sp³-hybridized carbons (Fsp3) is 0.364. The second-order valence-corrected chi connectivity index (χ2v) is 6.46. The second-order valence-electron chi connectivity index (χ2n) is 6.46. The number of allylic oxidation sites excluding steroid dienone is 1. The van der Waals surface area contributed by atoms with Gasteiger partial charge in [0.15, 0.2) is 0 Å². The Morgan fingerprint density at radius 3 is 2.59 bits per heavy atom. The van der Waals surface area contributed by atoms with Crippen LogP contribution in [-0.4, -0.2) is 0 Å². The van der Waals surface area contributed by atoms with E-state index in [1.807, 2.05) is 0 Å². The van der Waals surface area contributed by atoms with Crippen LogP contribution in [0.5, 0.6) is 0 Å². The summed E-state index contributed by atoms with van der Waals surface area (Å²) in [4.78, 5) is 0. The van der Waals surface area contributed by atoms with Crippen molar-refractivity contribution < 1.29 is 0 Å². The highest BCUT2D eigenvalue weighted by Crippen LogP contribution is 2.33. The van der Waals surface area contributed by atoms with Gasteiger partial charge in [-0.15, -0.1) is 0 Å². The van der Waals surface area contributed by atoms with E-state index < -0.39 is 0 Å². The first-order valence-electron chi connectivity index (χ1n) is 8.63. The molecule has 0 saturated carbocycles. The lowest BCUT2D eigenvalue weighted by atomic mass is 9.79. The summed E-state index contributed by atoms with van der Waals surface area (Å²) >= 11 is 0. The molecule has 0 N–H and O–H groups in total. The zero-order chi connectivity index (χ0) is 15.4. The highest BCUT2D eigenvalue weighted by Gasteiger charge is 2.20. The molecule has 0 heterocycles. The minimum atomic E-state index is 0.691. The van der Waals surface area contributed by atoms with Gasteiger partial charge < -0.3 is 0 Å². The Bertz CT molecular complexity index is 646. The summed E-state index contributed by atoms with van der Waals surface area (Å²) in [5.41, 5.74) is 7.42. The molecule has 0 radical (unpaired) electrons. The molecule has 1 aliphatic rings. The third kappa shape index (κ3) is 3.32. The first kappa shape index (κ1) is 15.1. The molecule has 22 heavy (non-hydrogen) atoms. The minimum absolute atomic E-state index is 0.691. The lowest BCUT2D eigenvalue weighted by Gasteiger charge is -2.25. The molecule has 0 nitrogen and oxygen atoms in total. The zero-order valence-corrected chi connectivity index (χ0v) is 13.8. The summed E-state index contributed by atoms with van der Waals surface area (Å²) in [7, 11) is 0. The van der Waals surface area contributed by atoms with Crippen LogP contribution in [-0.2, 0) is 19.3 Å². The van der Waals surface area contributed by atoms with Crippen LogP contribution in [0.2, 0.25) is 0 Å². The van der Waals surface area contributed by atoms with E-state index in [2.05, 4.69) is 68.5 Å². The molecule has 0 bridgehead atoms. The number of hydrogen-bond acceptors (Lipinski definition) is 0. The number of rotatable bonds is 4. The smallest absolute Gasteiger partial charge is 0.0118 e. The zero-order valence-electron chi connectivity index (χ0n) is 13.8. The maximum atomic E-state index is 2.37. The van der Waals surface area contributed by atoms with Crippen LogP contribution in [0.15, 0.2) is 48.5 Å². The third-order valence-corrected chi connectivity index (χ3v) is 4.81. The monoisotopic (exact) mass is 290 g/mol. The Morgan fingerprint density at radius 1 is 1.05 bits per heavy atom. The van der Waals surface area contributed by atoms with Gasteiger partial charge in [0.1, 0.15) is 0 Å². The quantitative estimate of drug-likeness (QED) is 0.653. The minimum Gasteiger partial charge on any atom is -0.0871 e. The summed E-state index contributed by atoms with van der Waals surface area (Å²) in [6.45, 7) is 4.33. The van der Waals surface area contributed by atoms with Gasteiger partial charge in [-0.2, -0.15) is 0 Å². The molecule has 3 rings (SSSR count). The van der Waals surface area contributed by atoms with Gasteiger partial charge >= 0.3 is 0 Å². The van der Waals surface area contributed by atoms with Crippen molar-refractivity contribution in [2.24, 2.45) is 0 Å². The molecule has 2 aromatic carbocycles. The molecule has 114 valence electrons. The van der Waals surface area contributed by atoms with Gasteiger partial charge in [-0.1, -0.05) is 68.0 Å². The molecule has 1 aliphatic carbocycles. The van der Waals surface area contributed by atoms with Crippen molar-refractivity contribution in [3.05, 3.63) is 76.4 Å². The number of hydrogen-bond donors (Lipinski definition) is 0. The van der Waals surface area contributed by atoms with Gasteiger partial charge in [0.05, 0.1) is 0 Å². The van der Waals surface area contributed by atoms with Crippen molar-refractivity contribution in [2.45, 2.75) is 51.9 Å². The summed E-state index contributed by atoms with van der Waals surface area (Å²) in [5.74, 6) is 0.691. The van der Waals surface area contributed by atoms with Crippen molar-refractivity contribution in [3.8, 4) is 0 Å². The van der Waals surface area contributed by atoms with Crippen LogP contribution in [0.1, 0.15) is 60.4 Å². The van der Waals surface area contributed by atoms with E-state index in [1.54, 1.807) is 11.1 Å². The first-order valence-corrected chi connectivity index (χ1v) is 8.63. The maximum Gasteiger partial charge on any atom is -0.0118 e. The average Bonchev–Trinajstić information content (AvgIpc) is 2.56. The van der Waals surface area contributed by atoms with E-state index in [9.17, 15) is 0 Å². The van der Waals surface area contributed by atoms with Crippen LogP contribution >= 0.6 is 0 Å². The summed E-state index contributed by atoms with van der Waals surface area (Å²) in [6, 6.07) is 16.3. The number of aryl methyl sites for hydroxylation is 2. The predicted octanol–water partition coefficient (Wildman–Crippen LogP) is 5.94. The fourth-order valence-corrected chi connectivity index (χ4v) is 3.60. The largest absolute Gasteiger partial charge is 0.0871 e. The summed E-state index contributed by atoms with van der Waals surface area (Å²) in [5, 5.41) is 0. The van der Waals surface area contributed by atoms with Crippen molar-refractivity contribution in [1.82, 2.24) is 0 Å². The van der Waals surface area contributed by atoms with Gasteiger partial charge in [0.25, 0.3) is 0 Å². The molecule has 1 unspecified atom stereocenters. The van der Waals surface area contributed by atoms with Crippen LogP contribution in [0, 0.1) is 0 Å². The Labute approximate surface area is 134 Å². The van der Waals surface area contributed by atoms with E-state index in [4.69, 9.17) is 0 Å². The van der Waals surface area contributed by atoms with Gasteiger partial charge in [-0.3, -0.25) is 0 Å². The lowest BCUT2D eigenvalue weighted by Crippen LogP contribution is -2.13. The third-order valence-electron chi connectivity index (χ3n) is 4.81. The molecule has 0 heteroatoms. The van der Waals surface area contributed by atoms with Crippen molar-refractivity contribution in [1.29, 1.82) is 0 Å². The van der Waals surface area contributed by atoms with Crippen molar-refractivity contribution >= 4 is 6.08 Å². The summed E-state index contributed by atoms with van der Waals surface area (Å²) in [6.07, 6.45) is 10.4. The molecule has 0 aliphatic heterocycles. The van der Waals surface area contributed by atoms with Crippen molar-refractivity contribution in [3.63, 3.8) is 0 Å². The molecule has 0 spiro atoms. The van der Waals surface area contributed by atoms with Crippen LogP contribution < -0.4 is 0 Å². The number of benzene rings is 2. The molecule has 0 saturated heterocycles. The van der Waals surface area contributed by atoms with Crippen molar-refractivity contribution in [2.75, 3.05) is 0 Å². The van der Waals surface area contributed by atoms with Gasteiger partial charge in [0, 0.05) is 0 Å². The van der Waals surface area contributed by atoms with Gasteiger partial charge in [0.2, 0.25) is 0 Å². The molecule has 0 aromatic heterocycles. The molecule has 0 amide bonds. The van der Waals surface area contributed by atoms with Gasteiger partial charge in [-0.25, -0.2) is 0 Å². The SMILES string of the molecule is C/C=C/c1ccc2c(c1)CCC(c1ccc(CCC)cc1)C2. The number of fused-ring (bicyclic) bond motifs is 1. The van der Waals surface area contributed by atoms with Gasteiger partial charge in [-0.05, 0) is 66.3 Å². The maximum absolute atomic E-state index is 2.37. The normalized spacial score (nSPS) is 17.6. The predicted molar refractivity (Wildman–Crippen MR) is 96.4 cm³/mol. The summed E-state index contributed by atoms with van der Waals surface area (Å²) < 4.78 is 0. The average molecular weight is 290 g/mol. The highest BCUT2D eigenvalue weighted by molar-refractivity contribution is 5.52. The van der Waals surface area contributed by atoms with E-state index in [0.29, 0.717) is 5.92 Å². The molecular formula is C22H26. The first-order chi connectivity index (χ1) is 10.8. The van der Waals surface area contributed by atoms with Crippen LogP contribution in [0.3, 0.4) is 0 Å². The molecule has 0 fully saturated rings. The standard InChI is InChI=1S/C22H26/c1-3-5-17-7-10-19(11-8-17)21-14-13-20-15-18(6-4-2)9-12-22(20)16-21/h4,6-12,15,21H,3,5,13-14,16H2,1-2H3/b6-4+. The van der Waals surface area contributed by atoms with E-state index in [0.717, 1.165) is 0 Å². The van der Waals surface area contributed by atoms with E-state index in [-0.39, 0.29) is 0 Å². The molecule has 2 aromatic rings. The second kappa shape index (κ2) is 6.96. The van der Waals surface area contributed by atoms with E-state index in [1.165, 1.54) is 48.8 Å². The Kier molecular flexibility index (Phi) is 4.77. The molecule has 1 atom stereocenters. The van der Waals surface area contributed by atoms with Crippen LogP contribution in [0.25, 0.3) is 6.08 Å². The molecular weight excluding hydrogens is 264 g/mol. The fourth-order valence-electron chi connectivity index (χ4n) is 3.60. The van der Waals surface area contributed by atoms with E-state index >= 15 is 0 Å². The highest BCUT2D eigenvalue weighted by atomic mass is 14.2. The Hall–Kier alpha value is -1.82. The Balaban J connectivity index is 1.76. The topological polar surface area (TPSA) is 0 Å². The van der Waals surface area contributed by atoms with Crippen LogP contribution in [0.4, 0.5) is 0 Å². The Morgan fingerprint density at radius 2 is 1.86 bits per heavy atom.